The second-order valence-electron chi connectivity index (χ2n) is 7.43. The van der Waals surface area contributed by atoms with Crippen molar-refractivity contribution < 1.29 is 9.00 Å². The molecule has 0 aliphatic heterocycles. The summed E-state index contributed by atoms with van der Waals surface area (Å²) in [5.41, 5.74) is 5.75. The lowest BCUT2D eigenvalue weighted by Crippen LogP contribution is -2.27. The van der Waals surface area contributed by atoms with E-state index in [-0.39, 0.29) is 11.1 Å². The number of aromatic nitrogens is 2. The number of benzene rings is 2. The molecule has 1 N–H and O–H groups in total. The minimum absolute atomic E-state index is 0.205. The molecular weight excluding hydrogens is 394 g/mol. The fourth-order valence-corrected chi connectivity index (χ4v) is 3.93. The Morgan fingerprint density at radius 1 is 1.03 bits per heavy atom. The van der Waals surface area contributed by atoms with Gasteiger partial charge in [0.1, 0.15) is 0 Å². The Morgan fingerprint density at radius 2 is 1.77 bits per heavy atom. The summed E-state index contributed by atoms with van der Waals surface area (Å²) in [5, 5.41) is 3.24. The lowest BCUT2D eigenvalue weighted by atomic mass is 9.98. The van der Waals surface area contributed by atoms with Crippen LogP contribution in [0.3, 0.4) is 0 Å². The molecule has 0 saturated heterocycles. The van der Waals surface area contributed by atoms with Gasteiger partial charge in [0.15, 0.2) is 0 Å². The zero-order valence-corrected chi connectivity index (χ0v) is 18.7. The summed E-state index contributed by atoms with van der Waals surface area (Å²) in [6.07, 6.45) is 3.28. The van der Waals surface area contributed by atoms with Gasteiger partial charge in [0, 0.05) is 18.4 Å². The summed E-state index contributed by atoms with van der Waals surface area (Å²) in [7, 11) is -1.34. The van der Waals surface area contributed by atoms with E-state index in [2.05, 4.69) is 33.5 Å². The first-order valence-corrected chi connectivity index (χ1v) is 11.5. The van der Waals surface area contributed by atoms with Gasteiger partial charge in [-0.3, -0.25) is 9.00 Å². The Kier molecular flexibility index (Phi) is 7.11. The van der Waals surface area contributed by atoms with Crippen molar-refractivity contribution in [2.24, 2.45) is 0 Å². The van der Waals surface area contributed by atoms with Crippen LogP contribution in [0.5, 0.6) is 0 Å². The number of carbonyl (C=O) groups excluding carboxylic acids is 1. The molecule has 5 nitrogen and oxygen atoms in total. The predicted octanol–water partition coefficient (Wildman–Crippen LogP) is 4.17. The first kappa shape index (κ1) is 21.8. The molecule has 30 heavy (non-hydrogen) atoms. The molecule has 156 valence electrons. The van der Waals surface area contributed by atoms with Crippen molar-refractivity contribution in [3.05, 3.63) is 76.5 Å². The van der Waals surface area contributed by atoms with Crippen LogP contribution in [-0.2, 0) is 17.2 Å². The second kappa shape index (κ2) is 9.76. The summed E-state index contributed by atoms with van der Waals surface area (Å²) in [4.78, 5) is 21.9. The molecule has 6 heteroatoms. The van der Waals surface area contributed by atoms with Gasteiger partial charge >= 0.3 is 0 Å². The third-order valence-electron chi connectivity index (χ3n) is 4.96. The summed E-state index contributed by atoms with van der Waals surface area (Å²) in [5.74, 6) is -0.205. The Labute approximate surface area is 180 Å². The third kappa shape index (κ3) is 5.19. The molecule has 3 aromatic rings. The highest BCUT2D eigenvalue weighted by molar-refractivity contribution is 7.84. The summed E-state index contributed by atoms with van der Waals surface area (Å²) < 4.78 is 12.0. The highest BCUT2D eigenvalue weighted by Gasteiger charge is 2.22. The van der Waals surface area contributed by atoms with Crippen LogP contribution < -0.4 is 5.32 Å². The predicted molar refractivity (Wildman–Crippen MR) is 121 cm³/mol. The standard InChI is InChI=1S/C24H27N3O2S/c1-16-12-13-20(17(2)15-16)22-21(18(3)26-24(27-22)30(4)29)23(28)25-14-8-11-19-9-6-5-7-10-19/h5-7,9-10,12-13,15H,8,11,14H2,1-4H3,(H,25,28). The summed E-state index contributed by atoms with van der Waals surface area (Å²) >= 11 is 0. The second-order valence-corrected chi connectivity index (χ2v) is 8.71. The fraction of sp³-hybridized carbons (Fsp3) is 0.292. The molecule has 0 aliphatic rings. The van der Waals surface area contributed by atoms with Crippen molar-refractivity contribution >= 4 is 16.7 Å². The average molecular weight is 422 g/mol. The van der Waals surface area contributed by atoms with Crippen LogP contribution in [0.1, 0.15) is 39.2 Å². The van der Waals surface area contributed by atoms with Gasteiger partial charge in [0.25, 0.3) is 5.91 Å². The minimum atomic E-state index is -1.34. The van der Waals surface area contributed by atoms with Crippen molar-refractivity contribution in [1.29, 1.82) is 0 Å². The van der Waals surface area contributed by atoms with Crippen molar-refractivity contribution in [1.82, 2.24) is 15.3 Å². The topological polar surface area (TPSA) is 72.0 Å². The maximum atomic E-state index is 13.1. The maximum absolute atomic E-state index is 13.1. The first-order chi connectivity index (χ1) is 14.4. The lowest BCUT2D eigenvalue weighted by Gasteiger charge is -2.15. The van der Waals surface area contributed by atoms with Crippen molar-refractivity contribution in [2.75, 3.05) is 12.8 Å². The van der Waals surface area contributed by atoms with E-state index in [0.29, 0.717) is 23.5 Å². The number of amides is 1. The average Bonchev–Trinajstić information content (AvgIpc) is 2.71. The molecule has 1 atom stereocenters. The van der Waals surface area contributed by atoms with Gasteiger partial charge < -0.3 is 5.32 Å². The van der Waals surface area contributed by atoms with E-state index in [4.69, 9.17) is 0 Å². The largest absolute Gasteiger partial charge is 0.352 e. The number of rotatable bonds is 7. The molecule has 0 bridgehead atoms. The van der Waals surface area contributed by atoms with Crippen molar-refractivity contribution in [3.63, 3.8) is 0 Å². The SMILES string of the molecule is Cc1ccc(-c2nc(S(C)=O)nc(C)c2C(=O)NCCCc2ccccc2)c(C)c1. The number of hydrogen-bond acceptors (Lipinski definition) is 4. The van der Waals surface area contributed by atoms with Crippen molar-refractivity contribution in [2.45, 2.75) is 38.8 Å². The molecule has 1 aromatic heterocycles. The Morgan fingerprint density at radius 3 is 2.43 bits per heavy atom. The number of nitrogens with one attached hydrogen (secondary N) is 1. The highest BCUT2D eigenvalue weighted by Crippen LogP contribution is 2.28. The third-order valence-corrected chi connectivity index (χ3v) is 5.66. The van der Waals surface area contributed by atoms with Crippen LogP contribution in [0.25, 0.3) is 11.3 Å². The Bertz CT molecular complexity index is 1080. The molecule has 3 rings (SSSR count). The van der Waals surface area contributed by atoms with Gasteiger partial charge in [0.2, 0.25) is 5.16 Å². The number of carbonyl (C=O) groups is 1. The smallest absolute Gasteiger partial charge is 0.255 e. The normalized spacial score (nSPS) is 11.9. The van der Waals surface area contributed by atoms with Gasteiger partial charge in [-0.1, -0.05) is 54.1 Å². The van der Waals surface area contributed by atoms with E-state index in [9.17, 15) is 9.00 Å². The fourth-order valence-electron chi connectivity index (χ4n) is 3.45. The van der Waals surface area contributed by atoms with Gasteiger partial charge in [-0.05, 0) is 44.7 Å². The summed E-state index contributed by atoms with van der Waals surface area (Å²) in [6.45, 7) is 6.34. The molecule has 0 radical (unpaired) electrons. The molecule has 0 saturated carbocycles. The van der Waals surface area contributed by atoms with E-state index in [1.807, 2.05) is 44.2 Å². The van der Waals surface area contributed by atoms with E-state index in [1.165, 1.54) is 5.56 Å². The van der Waals surface area contributed by atoms with Crippen LogP contribution in [0, 0.1) is 20.8 Å². The number of aryl methyl sites for hydroxylation is 4. The van der Waals surface area contributed by atoms with E-state index in [1.54, 1.807) is 13.2 Å². The van der Waals surface area contributed by atoms with Gasteiger partial charge in [-0.2, -0.15) is 0 Å². The molecular formula is C24H27N3O2S. The summed E-state index contributed by atoms with van der Waals surface area (Å²) in [6, 6.07) is 16.2. The minimum Gasteiger partial charge on any atom is -0.352 e. The number of hydrogen-bond donors (Lipinski definition) is 1. The van der Waals surface area contributed by atoms with E-state index < -0.39 is 10.8 Å². The zero-order valence-electron chi connectivity index (χ0n) is 17.9. The van der Waals surface area contributed by atoms with E-state index in [0.717, 1.165) is 29.5 Å². The molecule has 2 aromatic carbocycles. The van der Waals surface area contributed by atoms with Crippen LogP contribution in [0.4, 0.5) is 0 Å². The van der Waals surface area contributed by atoms with Crippen molar-refractivity contribution in [3.8, 4) is 11.3 Å². The van der Waals surface area contributed by atoms with E-state index >= 15 is 0 Å². The molecule has 1 unspecified atom stereocenters. The van der Waals surface area contributed by atoms with Crippen LogP contribution >= 0.6 is 0 Å². The molecule has 0 spiro atoms. The number of nitrogens with zero attached hydrogens (tertiary/aromatic N) is 2. The zero-order chi connectivity index (χ0) is 21.7. The van der Waals surface area contributed by atoms with Gasteiger partial charge in [-0.25, -0.2) is 9.97 Å². The van der Waals surface area contributed by atoms with Gasteiger partial charge in [-0.15, -0.1) is 0 Å². The maximum Gasteiger partial charge on any atom is 0.255 e. The monoisotopic (exact) mass is 421 g/mol. The highest BCUT2D eigenvalue weighted by atomic mass is 32.2. The molecule has 0 fully saturated rings. The molecule has 1 amide bonds. The first-order valence-electron chi connectivity index (χ1n) is 9.98. The van der Waals surface area contributed by atoms with Gasteiger partial charge in [0.05, 0.1) is 27.8 Å². The Balaban J connectivity index is 1.87. The Hall–Kier alpha value is -2.86. The molecule has 1 heterocycles. The van der Waals surface area contributed by atoms with Crippen LogP contribution in [0.15, 0.2) is 53.7 Å². The quantitative estimate of drug-likeness (QED) is 0.459. The lowest BCUT2D eigenvalue weighted by molar-refractivity contribution is 0.0952. The van der Waals surface area contributed by atoms with Crippen LogP contribution in [-0.4, -0.2) is 32.9 Å². The molecule has 0 aliphatic carbocycles. The van der Waals surface area contributed by atoms with Crippen LogP contribution in [0.2, 0.25) is 0 Å².